The normalized spacial score (nSPS) is 10.8. The number of alkyl carbamates (subject to hydrolysis) is 1. The van der Waals surface area contributed by atoms with E-state index in [0.717, 1.165) is 11.8 Å². The van der Waals surface area contributed by atoms with Crippen molar-refractivity contribution in [1.29, 1.82) is 0 Å². The molecule has 2 amide bonds. The van der Waals surface area contributed by atoms with E-state index in [1.165, 1.54) is 0 Å². The van der Waals surface area contributed by atoms with E-state index in [0.29, 0.717) is 5.75 Å². The number of hydrogen-bond donors (Lipinski definition) is 2. The molecule has 0 spiro atoms. The van der Waals surface area contributed by atoms with Crippen LogP contribution in [0.1, 0.15) is 27.2 Å². The van der Waals surface area contributed by atoms with Gasteiger partial charge in [0.05, 0.1) is 6.54 Å². The molecular formula is C10H18N2O4S. The van der Waals surface area contributed by atoms with Crippen LogP contribution in [0, 0.1) is 0 Å². The van der Waals surface area contributed by atoms with Crippen molar-refractivity contribution in [3.63, 3.8) is 0 Å². The Morgan fingerprint density at radius 1 is 1.29 bits per heavy atom. The van der Waals surface area contributed by atoms with Crippen molar-refractivity contribution in [2.45, 2.75) is 32.8 Å². The molecule has 0 saturated heterocycles. The Labute approximate surface area is 105 Å². The number of nitrogens with two attached hydrogens (primary N) is 1. The molecular weight excluding hydrogens is 244 g/mol. The summed E-state index contributed by atoms with van der Waals surface area (Å²) in [6.07, 6.45) is -0.496. The summed E-state index contributed by atoms with van der Waals surface area (Å²) in [4.78, 5) is 32.8. The van der Waals surface area contributed by atoms with Crippen LogP contribution in [0.3, 0.4) is 0 Å². The largest absolute Gasteiger partial charge is 0.444 e. The molecule has 0 aromatic heterocycles. The summed E-state index contributed by atoms with van der Waals surface area (Å²) in [5.41, 5.74) is 4.33. The fourth-order valence-electron chi connectivity index (χ4n) is 0.775. The van der Waals surface area contributed by atoms with Gasteiger partial charge in [-0.3, -0.25) is 9.59 Å². The van der Waals surface area contributed by atoms with Crippen LogP contribution < -0.4 is 11.1 Å². The summed E-state index contributed by atoms with van der Waals surface area (Å²) in [6.45, 7) is 5.07. The minimum atomic E-state index is -0.638. The second kappa shape index (κ2) is 7.16. The predicted molar refractivity (Wildman–Crippen MR) is 65.5 cm³/mol. The quantitative estimate of drug-likeness (QED) is 0.757. The van der Waals surface area contributed by atoms with Gasteiger partial charge < -0.3 is 15.8 Å². The Morgan fingerprint density at radius 2 is 1.88 bits per heavy atom. The van der Waals surface area contributed by atoms with Crippen molar-refractivity contribution in [2.75, 3.05) is 12.3 Å². The van der Waals surface area contributed by atoms with E-state index >= 15 is 0 Å². The molecule has 0 aliphatic rings. The van der Waals surface area contributed by atoms with Crippen LogP contribution >= 0.6 is 11.8 Å². The number of primary amides is 1. The molecule has 3 N–H and O–H groups in total. The zero-order chi connectivity index (χ0) is 13.5. The lowest BCUT2D eigenvalue weighted by Gasteiger charge is -2.19. The number of amides is 2. The molecule has 17 heavy (non-hydrogen) atoms. The third kappa shape index (κ3) is 11.0. The maximum atomic E-state index is 11.2. The molecule has 0 aromatic carbocycles. The highest BCUT2D eigenvalue weighted by Gasteiger charge is 2.16. The van der Waals surface area contributed by atoms with Crippen molar-refractivity contribution in [3.05, 3.63) is 0 Å². The second-order valence-electron chi connectivity index (χ2n) is 4.29. The molecule has 0 bridgehead atoms. The van der Waals surface area contributed by atoms with Gasteiger partial charge in [0, 0.05) is 12.2 Å². The van der Waals surface area contributed by atoms with Gasteiger partial charge in [0.25, 0.3) is 0 Å². The highest BCUT2D eigenvalue weighted by atomic mass is 32.2. The first-order chi connectivity index (χ1) is 7.70. The SMILES string of the molecule is CC(C)(C)OC(=O)NCC(=O)SCCC(N)=O. The third-order valence-electron chi connectivity index (χ3n) is 1.39. The Bertz CT molecular complexity index is 299. The molecule has 0 radical (unpaired) electrons. The van der Waals surface area contributed by atoms with E-state index in [9.17, 15) is 14.4 Å². The highest BCUT2D eigenvalue weighted by Crippen LogP contribution is 2.07. The molecule has 0 fully saturated rings. The van der Waals surface area contributed by atoms with E-state index < -0.39 is 17.6 Å². The first-order valence-electron chi connectivity index (χ1n) is 5.11. The van der Waals surface area contributed by atoms with E-state index in [1.807, 2.05) is 0 Å². The van der Waals surface area contributed by atoms with Crippen molar-refractivity contribution in [3.8, 4) is 0 Å². The molecule has 0 saturated carbocycles. The Morgan fingerprint density at radius 3 is 2.35 bits per heavy atom. The minimum absolute atomic E-state index is 0.127. The Hall–Kier alpha value is -1.24. The van der Waals surface area contributed by atoms with E-state index in [1.54, 1.807) is 20.8 Å². The van der Waals surface area contributed by atoms with E-state index in [4.69, 9.17) is 10.5 Å². The van der Waals surface area contributed by atoms with Crippen molar-refractivity contribution < 1.29 is 19.1 Å². The predicted octanol–water partition coefficient (Wildman–Crippen LogP) is 0.646. The maximum absolute atomic E-state index is 11.2. The van der Waals surface area contributed by atoms with Gasteiger partial charge in [-0.1, -0.05) is 11.8 Å². The number of carbonyl (C=O) groups is 3. The van der Waals surface area contributed by atoms with Gasteiger partial charge in [0.2, 0.25) is 11.0 Å². The van der Waals surface area contributed by atoms with Crippen LogP contribution in [-0.4, -0.2) is 35.0 Å². The van der Waals surface area contributed by atoms with Crippen LogP contribution in [-0.2, 0) is 14.3 Å². The van der Waals surface area contributed by atoms with Gasteiger partial charge in [0.1, 0.15) is 5.60 Å². The number of thioether (sulfide) groups is 1. The number of nitrogens with one attached hydrogen (secondary N) is 1. The topological polar surface area (TPSA) is 98.5 Å². The summed E-state index contributed by atoms with van der Waals surface area (Å²) >= 11 is 0.955. The van der Waals surface area contributed by atoms with Crippen LogP contribution in [0.2, 0.25) is 0 Å². The molecule has 7 heteroatoms. The molecule has 0 rings (SSSR count). The zero-order valence-electron chi connectivity index (χ0n) is 10.2. The van der Waals surface area contributed by atoms with Gasteiger partial charge in [-0.2, -0.15) is 0 Å². The minimum Gasteiger partial charge on any atom is -0.444 e. The van der Waals surface area contributed by atoms with E-state index in [2.05, 4.69) is 5.32 Å². The first-order valence-corrected chi connectivity index (χ1v) is 6.10. The molecule has 0 unspecified atom stereocenters. The molecule has 0 aromatic rings. The standard InChI is InChI=1S/C10H18N2O4S/c1-10(2,3)16-9(15)12-6-8(14)17-5-4-7(11)13/h4-6H2,1-3H3,(H2,11,13)(H,12,15). The highest BCUT2D eigenvalue weighted by molar-refractivity contribution is 8.13. The summed E-state index contributed by atoms with van der Waals surface area (Å²) in [5.74, 6) is -0.130. The lowest BCUT2D eigenvalue weighted by molar-refractivity contribution is -0.117. The van der Waals surface area contributed by atoms with Crippen molar-refractivity contribution in [2.24, 2.45) is 5.73 Å². The third-order valence-corrected chi connectivity index (χ3v) is 2.26. The molecule has 0 atom stereocenters. The first kappa shape index (κ1) is 15.8. The lowest BCUT2D eigenvalue weighted by Crippen LogP contribution is -2.34. The molecule has 0 heterocycles. The fraction of sp³-hybridized carbons (Fsp3) is 0.700. The van der Waals surface area contributed by atoms with Gasteiger partial charge in [-0.15, -0.1) is 0 Å². The van der Waals surface area contributed by atoms with Crippen molar-refractivity contribution >= 4 is 28.9 Å². The zero-order valence-corrected chi connectivity index (χ0v) is 11.1. The molecule has 6 nitrogen and oxygen atoms in total. The molecule has 98 valence electrons. The maximum Gasteiger partial charge on any atom is 0.408 e. The van der Waals surface area contributed by atoms with Crippen LogP contribution in [0.4, 0.5) is 4.79 Å². The monoisotopic (exact) mass is 262 g/mol. The summed E-state index contributed by atoms with van der Waals surface area (Å²) < 4.78 is 4.95. The number of ether oxygens (including phenoxy) is 1. The van der Waals surface area contributed by atoms with Gasteiger partial charge in [-0.25, -0.2) is 4.79 Å². The summed E-state index contributed by atoms with van der Waals surface area (Å²) in [5, 5.41) is 2.09. The number of hydrogen-bond acceptors (Lipinski definition) is 5. The van der Waals surface area contributed by atoms with Gasteiger partial charge in [0.15, 0.2) is 0 Å². The van der Waals surface area contributed by atoms with E-state index in [-0.39, 0.29) is 18.1 Å². The fourth-order valence-corrected chi connectivity index (χ4v) is 1.48. The number of rotatable bonds is 5. The second-order valence-corrected chi connectivity index (χ2v) is 5.44. The molecule has 0 aliphatic carbocycles. The smallest absolute Gasteiger partial charge is 0.408 e. The van der Waals surface area contributed by atoms with Crippen LogP contribution in [0.15, 0.2) is 0 Å². The summed E-state index contributed by atoms with van der Waals surface area (Å²) in [6, 6.07) is 0. The lowest BCUT2D eigenvalue weighted by atomic mass is 10.2. The average molecular weight is 262 g/mol. The Balaban J connectivity index is 3.70. The summed E-state index contributed by atoms with van der Waals surface area (Å²) in [7, 11) is 0. The van der Waals surface area contributed by atoms with Gasteiger partial charge in [-0.05, 0) is 20.8 Å². The van der Waals surface area contributed by atoms with Crippen molar-refractivity contribution in [1.82, 2.24) is 5.32 Å². The number of carbonyl (C=O) groups excluding carboxylic acids is 3. The average Bonchev–Trinajstić information content (AvgIpc) is 2.11. The Kier molecular flexibility index (Phi) is 6.64. The van der Waals surface area contributed by atoms with Crippen LogP contribution in [0.25, 0.3) is 0 Å². The van der Waals surface area contributed by atoms with Crippen LogP contribution in [0.5, 0.6) is 0 Å². The molecule has 0 aliphatic heterocycles. The van der Waals surface area contributed by atoms with Gasteiger partial charge >= 0.3 is 6.09 Å².